The van der Waals surface area contributed by atoms with Gasteiger partial charge < -0.3 is 15.2 Å². The Bertz CT molecular complexity index is 1550. The van der Waals surface area contributed by atoms with Gasteiger partial charge >= 0.3 is 7.12 Å². The molecule has 2 aromatic rings. The lowest BCUT2D eigenvalue weighted by Crippen LogP contribution is -2.60. The molecule has 13 heteroatoms. The molecule has 6 unspecified atom stereocenters. The first-order valence-electron chi connectivity index (χ1n) is 12.6. The lowest BCUT2D eigenvalue weighted by atomic mass is 9.56. The molecule has 1 saturated carbocycles. The van der Waals surface area contributed by atoms with Crippen LogP contribution in [0.4, 0.5) is 5.69 Å². The van der Waals surface area contributed by atoms with Crippen molar-refractivity contribution in [2.24, 2.45) is 17.8 Å². The molecule has 2 aromatic carbocycles. The van der Waals surface area contributed by atoms with Crippen LogP contribution in [0.2, 0.25) is 5.02 Å². The number of likely N-dealkylation sites (tertiary alicyclic amines) is 1. The molecule has 0 radical (unpaired) electrons. The summed E-state index contributed by atoms with van der Waals surface area (Å²) in [5, 5.41) is 30.4. The van der Waals surface area contributed by atoms with Crippen molar-refractivity contribution in [2.75, 3.05) is 11.9 Å². The number of nitrogens with zero attached hydrogens (tertiary/aromatic N) is 2. The minimum Gasteiger partial charge on any atom is -0.508 e. The fraction of sp³-hybridized carbons (Fsp3) is 0.333. The van der Waals surface area contributed by atoms with Crippen molar-refractivity contribution in [3.63, 3.8) is 0 Å². The number of phenolic OH excluding ortho intramolecular Hbond substituents is 1. The molecular weight excluding hydrogens is 581 g/mol. The molecule has 6 atom stereocenters. The highest BCUT2D eigenvalue weighted by Crippen LogP contribution is 2.66. The minimum atomic E-state index is -2.03. The van der Waals surface area contributed by atoms with Crippen LogP contribution in [0, 0.1) is 17.8 Å². The molecular formula is C27H22BCl3N2O7. The van der Waals surface area contributed by atoms with E-state index in [0.717, 1.165) is 9.80 Å². The van der Waals surface area contributed by atoms with Gasteiger partial charge in [0.05, 0.1) is 17.5 Å². The Morgan fingerprint density at radius 1 is 0.975 bits per heavy atom. The van der Waals surface area contributed by atoms with Crippen LogP contribution in [0.3, 0.4) is 0 Å². The van der Waals surface area contributed by atoms with E-state index in [2.05, 4.69) is 0 Å². The maximum Gasteiger partial charge on any atom is 0.488 e. The van der Waals surface area contributed by atoms with E-state index in [1.165, 1.54) is 49.5 Å². The van der Waals surface area contributed by atoms with Crippen molar-refractivity contribution in [1.82, 2.24) is 4.90 Å². The van der Waals surface area contributed by atoms with E-state index in [9.17, 15) is 34.3 Å². The molecule has 40 heavy (non-hydrogen) atoms. The average molecular weight is 604 g/mol. The summed E-state index contributed by atoms with van der Waals surface area (Å²) in [6, 6.07) is 10.1. The Morgan fingerprint density at radius 2 is 1.70 bits per heavy atom. The van der Waals surface area contributed by atoms with Gasteiger partial charge in [-0.15, -0.1) is 23.2 Å². The standard InChI is InChI=1S/C27H22BCl3N2O7/c1-32-24(37)26(30)11-18-15(21(27(26,31)25(32)38)17-10-13(29)5-8-19(17)34)6-7-16-20(18)23(36)33(22(16)35)14-4-2-3-12(9-14)28(39)40/h2-6,8-10,16,18,20-21,34,39-40H,7,11H2,1H3. The van der Waals surface area contributed by atoms with Gasteiger partial charge in [0, 0.05) is 23.6 Å². The third kappa shape index (κ3) is 3.43. The molecule has 4 amide bonds. The quantitative estimate of drug-likeness (QED) is 0.211. The van der Waals surface area contributed by atoms with Crippen LogP contribution in [-0.2, 0) is 19.2 Å². The molecule has 4 aliphatic rings. The van der Waals surface area contributed by atoms with Gasteiger partial charge in [-0.2, -0.15) is 0 Å². The van der Waals surface area contributed by atoms with Gasteiger partial charge in [0.15, 0.2) is 9.75 Å². The minimum absolute atomic E-state index is 0.102. The predicted molar refractivity (Wildman–Crippen MR) is 147 cm³/mol. The second kappa shape index (κ2) is 9.06. The number of amides is 4. The molecule has 2 heterocycles. The van der Waals surface area contributed by atoms with Crippen molar-refractivity contribution in [3.05, 3.63) is 64.7 Å². The molecule has 0 spiro atoms. The summed E-state index contributed by atoms with van der Waals surface area (Å²) in [7, 11) is -0.523. The zero-order chi connectivity index (χ0) is 28.9. The van der Waals surface area contributed by atoms with Crippen LogP contribution in [0.1, 0.15) is 24.3 Å². The average Bonchev–Trinajstić information content (AvgIpc) is 3.25. The number of allylic oxidation sites excluding steroid dienone is 2. The van der Waals surface area contributed by atoms with Crippen molar-refractivity contribution in [2.45, 2.75) is 28.5 Å². The number of hydrogen-bond acceptors (Lipinski definition) is 7. The van der Waals surface area contributed by atoms with Crippen LogP contribution in [0.15, 0.2) is 54.1 Å². The fourth-order valence-electron chi connectivity index (χ4n) is 6.93. The topological polar surface area (TPSA) is 135 Å². The summed E-state index contributed by atoms with van der Waals surface area (Å²) in [4.78, 5) is 52.5. The maximum absolute atomic E-state index is 14.0. The summed E-state index contributed by atoms with van der Waals surface area (Å²) in [5.74, 6) is -6.35. The third-order valence-electron chi connectivity index (χ3n) is 8.74. The highest BCUT2D eigenvalue weighted by molar-refractivity contribution is 6.58. The number of imide groups is 2. The van der Waals surface area contributed by atoms with Crippen molar-refractivity contribution < 1.29 is 34.3 Å². The number of aromatic hydroxyl groups is 1. The van der Waals surface area contributed by atoms with Crippen molar-refractivity contribution >= 4 is 76.7 Å². The van der Waals surface area contributed by atoms with Crippen molar-refractivity contribution in [3.8, 4) is 5.75 Å². The van der Waals surface area contributed by atoms with E-state index >= 15 is 0 Å². The van der Waals surface area contributed by atoms with Crippen molar-refractivity contribution in [1.29, 1.82) is 0 Å². The summed E-state index contributed by atoms with van der Waals surface area (Å²) in [6.45, 7) is 0. The smallest absolute Gasteiger partial charge is 0.488 e. The van der Waals surface area contributed by atoms with E-state index in [1.807, 2.05) is 0 Å². The summed E-state index contributed by atoms with van der Waals surface area (Å²) in [6.07, 6.45) is 1.69. The monoisotopic (exact) mass is 602 g/mol. The maximum atomic E-state index is 14.0. The van der Waals surface area contributed by atoms with Gasteiger partial charge in [0.25, 0.3) is 11.8 Å². The molecule has 2 aliphatic carbocycles. The van der Waals surface area contributed by atoms with E-state index in [0.29, 0.717) is 5.57 Å². The van der Waals surface area contributed by atoms with Gasteiger partial charge in [-0.1, -0.05) is 35.4 Å². The third-order valence-corrected chi connectivity index (χ3v) is 10.4. The number of alkyl halides is 2. The van der Waals surface area contributed by atoms with Gasteiger partial charge in [-0.3, -0.25) is 29.0 Å². The zero-order valence-electron chi connectivity index (χ0n) is 20.9. The molecule has 3 N–H and O–H groups in total. The molecule has 3 fully saturated rings. The first kappa shape index (κ1) is 27.3. The zero-order valence-corrected chi connectivity index (χ0v) is 23.2. The van der Waals surface area contributed by atoms with Crippen LogP contribution >= 0.6 is 34.8 Å². The molecule has 6 rings (SSSR count). The van der Waals surface area contributed by atoms with E-state index in [4.69, 9.17) is 34.8 Å². The first-order valence-corrected chi connectivity index (χ1v) is 13.7. The number of carbonyl (C=O) groups is 4. The normalized spacial score (nSPS) is 33.1. The Morgan fingerprint density at radius 3 is 2.40 bits per heavy atom. The van der Waals surface area contributed by atoms with E-state index in [1.54, 1.807) is 6.08 Å². The van der Waals surface area contributed by atoms with E-state index in [-0.39, 0.29) is 40.3 Å². The Labute approximate surface area is 244 Å². The number of halogens is 3. The first-order chi connectivity index (χ1) is 18.8. The van der Waals surface area contributed by atoms with Gasteiger partial charge in [-0.25, -0.2) is 0 Å². The molecule has 0 bridgehead atoms. The predicted octanol–water partition coefficient (Wildman–Crippen LogP) is 1.92. The summed E-state index contributed by atoms with van der Waals surface area (Å²) >= 11 is 20.4. The Kier molecular flexibility index (Phi) is 6.18. The Balaban J connectivity index is 1.51. The number of carbonyl (C=O) groups excluding carboxylic acids is 4. The molecule has 0 aromatic heterocycles. The van der Waals surface area contributed by atoms with Gasteiger partial charge in [0.1, 0.15) is 5.75 Å². The fourth-order valence-corrected chi connectivity index (χ4v) is 8.12. The largest absolute Gasteiger partial charge is 0.508 e. The number of hydrogen-bond donors (Lipinski definition) is 3. The van der Waals surface area contributed by atoms with Crippen LogP contribution < -0.4 is 10.4 Å². The molecule has 2 aliphatic heterocycles. The number of fused-ring (bicyclic) bond motifs is 4. The second-order valence-electron chi connectivity index (χ2n) is 10.7. The van der Waals surface area contributed by atoms with Crippen LogP contribution in [-0.4, -0.2) is 67.6 Å². The second-order valence-corrected chi connectivity index (χ2v) is 12.4. The lowest BCUT2D eigenvalue weighted by Gasteiger charge is -2.50. The lowest BCUT2D eigenvalue weighted by molar-refractivity contribution is -0.138. The van der Waals surface area contributed by atoms with E-state index < -0.39 is 64.2 Å². The summed E-state index contributed by atoms with van der Waals surface area (Å²) < 4.78 is 0. The highest BCUT2D eigenvalue weighted by Gasteiger charge is 2.76. The molecule has 206 valence electrons. The number of benzene rings is 2. The van der Waals surface area contributed by atoms with Gasteiger partial charge in [-0.05, 0) is 54.6 Å². The molecule has 9 nitrogen and oxygen atoms in total. The molecule has 2 saturated heterocycles. The Hall–Kier alpha value is -2.89. The SMILES string of the molecule is CN1C(=O)C2(Cl)CC3C(=CCC4C(=O)N(c5cccc(B(O)O)c5)C(=O)C43)C(c3cc(Cl)ccc3O)C2(Cl)C1=O. The highest BCUT2D eigenvalue weighted by atomic mass is 35.5. The number of rotatable bonds is 3. The summed E-state index contributed by atoms with van der Waals surface area (Å²) in [5.41, 5.74) is 0.974. The number of anilines is 1. The number of phenols is 1. The van der Waals surface area contributed by atoms with Crippen LogP contribution in [0.25, 0.3) is 0 Å². The van der Waals surface area contributed by atoms with Gasteiger partial charge in [0.2, 0.25) is 11.8 Å². The van der Waals surface area contributed by atoms with Crippen LogP contribution in [0.5, 0.6) is 5.75 Å².